The quantitative estimate of drug-likeness (QED) is 0.842. The lowest BCUT2D eigenvalue weighted by atomic mass is 10.1. The van der Waals surface area contributed by atoms with Crippen molar-refractivity contribution in [3.8, 4) is 0 Å². The number of nitrogens with one attached hydrogen (secondary N) is 2. The van der Waals surface area contributed by atoms with Crippen LogP contribution in [-0.2, 0) is 9.53 Å². The summed E-state index contributed by atoms with van der Waals surface area (Å²) in [5, 5.41) is 4.38. The molecular weight excluding hydrogens is 252 g/mol. The van der Waals surface area contributed by atoms with E-state index >= 15 is 0 Å². The summed E-state index contributed by atoms with van der Waals surface area (Å²) < 4.78 is 5.28. The van der Waals surface area contributed by atoms with E-state index in [1.807, 2.05) is 52.1 Å². The van der Waals surface area contributed by atoms with Crippen LogP contribution in [0.1, 0.15) is 39.3 Å². The molecule has 108 valence electrons. The number of para-hydroxylation sites is 1. The lowest BCUT2D eigenvalue weighted by Gasteiger charge is -2.20. The molecule has 0 aliphatic heterocycles. The summed E-state index contributed by atoms with van der Waals surface area (Å²) in [7, 11) is 0. The minimum absolute atomic E-state index is 0.0821. The molecule has 1 unspecified atom stereocenters. The van der Waals surface area contributed by atoms with Gasteiger partial charge in [-0.2, -0.15) is 0 Å². The second kappa shape index (κ2) is 5.67. The standard InChI is InChI=1S/C16H22N2O2/c1-11(17-10-15(19)20-16(2,3)4)13-9-18-14-8-6-5-7-12(13)14/h5-9,11,17-18H,10H2,1-4H3. The Labute approximate surface area is 119 Å². The van der Waals surface area contributed by atoms with Gasteiger partial charge in [-0.3, -0.25) is 4.79 Å². The number of rotatable bonds is 4. The highest BCUT2D eigenvalue weighted by Crippen LogP contribution is 2.23. The third-order valence-electron chi connectivity index (χ3n) is 3.06. The second-order valence-electron chi connectivity index (χ2n) is 5.98. The fourth-order valence-corrected chi connectivity index (χ4v) is 2.18. The smallest absolute Gasteiger partial charge is 0.320 e. The molecule has 0 saturated carbocycles. The number of hydrogen-bond donors (Lipinski definition) is 2. The van der Waals surface area contributed by atoms with Gasteiger partial charge in [-0.05, 0) is 39.3 Å². The number of hydrogen-bond acceptors (Lipinski definition) is 3. The maximum absolute atomic E-state index is 11.7. The van der Waals surface area contributed by atoms with Crippen molar-refractivity contribution in [3.05, 3.63) is 36.0 Å². The molecule has 4 heteroatoms. The van der Waals surface area contributed by atoms with Gasteiger partial charge in [-0.1, -0.05) is 18.2 Å². The minimum atomic E-state index is -0.442. The average Bonchev–Trinajstić information content (AvgIpc) is 2.78. The van der Waals surface area contributed by atoms with Crippen LogP contribution in [0, 0.1) is 0 Å². The van der Waals surface area contributed by atoms with E-state index in [1.165, 1.54) is 5.39 Å². The Kier molecular flexibility index (Phi) is 4.14. The first kappa shape index (κ1) is 14.6. The van der Waals surface area contributed by atoms with Crippen LogP contribution in [0.5, 0.6) is 0 Å². The topological polar surface area (TPSA) is 54.1 Å². The Bertz CT molecular complexity index is 596. The zero-order valence-corrected chi connectivity index (χ0v) is 12.5. The summed E-state index contributed by atoms with van der Waals surface area (Å²) in [6.45, 7) is 7.86. The van der Waals surface area contributed by atoms with Crippen LogP contribution >= 0.6 is 0 Å². The average molecular weight is 274 g/mol. The Morgan fingerprint density at radius 1 is 1.35 bits per heavy atom. The van der Waals surface area contributed by atoms with Crippen molar-refractivity contribution in [1.29, 1.82) is 0 Å². The van der Waals surface area contributed by atoms with Gasteiger partial charge in [0.05, 0.1) is 6.54 Å². The fraction of sp³-hybridized carbons (Fsp3) is 0.438. The van der Waals surface area contributed by atoms with E-state index in [-0.39, 0.29) is 18.6 Å². The number of fused-ring (bicyclic) bond motifs is 1. The normalized spacial score (nSPS) is 13.4. The van der Waals surface area contributed by atoms with Gasteiger partial charge in [-0.25, -0.2) is 0 Å². The van der Waals surface area contributed by atoms with Crippen molar-refractivity contribution in [1.82, 2.24) is 10.3 Å². The molecule has 2 N–H and O–H groups in total. The number of ether oxygens (including phenoxy) is 1. The molecule has 0 radical (unpaired) electrons. The maximum atomic E-state index is 11.7. The molecule has 0 amide bonds. The number of H-pyrrole nitrogens is 1. The Morgan fingerprint density at radius 3 is 2.75 bits per heavy atom. The van der Waals surface area contributed by atoms with Gasteiger partial charge in [0, 0.05) is 23.1 Å². The van der Waals surface area contributed by atoms with E-state index < -0.39 is 5.60 Å². The van der Waals surface area contributed by atoms with Crippen LogP contribution in [0.2, 0.25) is 0 Å². The molecule has 1 atom stereocenters. The molecule has 0 bridgehead atoms. The lowest BCUT2D eigenvalue weighted by molar-refractivity contribution is -0.153. The van der Waals surface area contributed by atoms with Crippen LogP contribution in [0.4, 0.5) is 0 Å². The molecular formula is C16H22N2O2. The molecule has 0 spiro atoms. The van der Waals surface area contributed by atoms with Crippen molar-refractivity contribution >= 4 is 16.9 Å². The largest absolute Gasteiger partial charge is 0.459 e. The molecule has 0 fully saturated rings. The molecule has 2 rings (SSSR count). The number of benzene rings is 1. The second-order valence-corrected chi connectivity index (χ2v) is 5.98. The molecule has 20 heavy (non-hydrogen) atoms. The molecule has 1 aromatic carbocycles. The van der Waals surface area contributed by atoms with E-state index in [4.69, 9.17) is 4.74 Å². The number of aromatic nitrogens is 1. The van der Waals surface area contributed by atoms with Crippen LogP contribution in [0.15, 0.2) is 30.5 Å². The number of aromatic amines is 1. The number of carbonyl (C=O) groups excluding carboxylic acids is 1. The van der Waals surface area contributed by atoms with E-state index in [1.54, 1.807) is 0 Å². The van der Waals surface area contributed by atoms with Crippen molar-refractivity contribution in [2.24, 2.45) is 0 Å². The molecule has 2 aromatic rings. The summed E-state index contributed by atoms with van der Waals surface area (Å²) in [5.41, 5.74) is 1.82. The van der Waals surface area contributed by atoms with Crippen molar-refractivity contribution < 1.29 is 9.53 Å². The van der Waals surface area contributed by atoms with E-state index in [0.29, 0.717) is 0 Å². The van der Waals surface area contributed by atoms with Gasteiger partial charge in [0.2, 0.25) is 0 Å². The highest BCUT2D eigenvalue weighted by molar-refractivity contribution is 5.83. The van der Waals surface area contributed by atoms with E-state index in [0.717, 1.165) is 11.1 Å². The van der Waals surface area contributed by atoms with Gasteiger partial charge in [0.1, 0.15) is 5.60 Å². The zero-order chi connectivity index (χ0) is 14.8. The highest BCUT2D eigenvalue weighted by Gasteiger charge is 2.17. The SMILES string of the molecule is CC(NCC(=O)OC(C)(C)C)c1c[nH]c2ccccc12. The molecule has 1 aromatic heterocycles. The van der Waals surface area contributed by atoms with Crippen molar-refractivity contribution in [3.63, 3.8) is 0 Å². The van der Waals surface area contributed by atoms with Crippen LogP contribution in [0.25, 0.3) is 10.9 Å². The fourth-order valence-electron chi connectivity index (χ4n) is 2.18. The summed E-state index contributed by atoms with van der Waals surface area (Å²) in [6, 6.07) is 8.21. The predicted molar refractivity (Wildman–Crippen MR) is 80.6 cm³/mol. The van der Waals surface area contributed by atoms with E-state index in [2.05, 4.69) is 16.4 Å². The van der Waals surface area contributed by atoms with Crippen LogP contribution < -0.4 is 5.32 Å². The van der Waals surface area contributed by atoms with Crippen molar-refractivity contribution in [2.45, 2.75) is 39.3 Å². The van der Waals surface area contributed by atoms with Gasteiger partial charge in [-0.15, -0.1) is 0 Å². The van der Waals surface area contributed by atoms with Gasteiger partial charge in [0.25, 0.3) is 0 Å². The van der Waals surface area contributed by atoms with Gasteiger partial charge in [0.15, 0.2) is 0 Å². The summed E-state index contributed by atoms with van der Waals surface area (Å²) in [6.07, 6.45) is 1.98. The third kappa shape index (κ3) is 3.61. The first-order chi connectivity index (χ1) is 9.37. The molecule has 0 aliphatic rings. The summed E-state index contributed by atoms with van der Waals surface area (Å²) in [4.78, 5) is 14.9. The zero-order valence-electron chi connectivity index (χ0n) is 12.5. The third-order valence-corrected chi connectivity index (χ3v) is 3.06. The molecule has 4 nitrogen and oxygen atoms in total. The monoisotopic (exact) mass is 274 g/mol. The summed E-state index contributed by atoms with van der Waals surface area (Å²) >= 11 is 0. The maximum Gasteiger partial charge on any atom is 0.320 e. The minimum Gasteiger partial charge on any atom is -0.459 e. The molecule has 1 heterocycles. The predicted octanol–water partition coefficient (Wildman–Crippen LogP) is 3.16. The van der Waals surface area contributed by atoms with Crippen LogP contribution in [-0.4, -0.2) is 23.1 Å². The Hall–Kier alpha value is -1.81. The highest BCUT2D eigenvalue weighted by atomic mass is 16.6. The van der Waals surface area contributed by atoms with Crippen molar-refractivity contribution in [2.75, 3.05) is 6.54 Å². The Balaban J connectivity index is 1.99. The number of carbonyl (C=O) groups is 1. The molecule has 0 saturated heterocycles. The first-order valence-corrected chi connectivity index (χ1v) is 6.88. The van der Waals surface area contributed by atoms with Gasteiger partial charge < -0.3 is 15.0 Å². The number of esters is 1. The van der Waals surface area contributed by atoms with Gasteiger partial charge >= 0.3 is 5.97 Å². The Morgan fingerprint density at radius 2 is 2.05 bits per heavy atom. The molecule has 0 aliphatic carbocycles. The van der Waals surface area contributed by atoms with E-state index in [9.17, 15) is 4.79 Å². The summed E-state index contributed by atoms with van der Waals surface area (Å²) in [5.74, 6) is -0.232. The lowest BCUT2D eigenvalue weighted by Crippen LogP contribution is -2.32. The van der Waals surface area contributed by atoms with Crippen LogP contribution in [0.3, 0.4) is 0 Å². The first-order valence-electron chi connectivity index (χ1n) is 6.88.